The Hall–Kier alpha value is -2.89. The number of aromatic carboxylic acids is 1. The molecule has 0 saturated carbocycles. The van der Waals surface area contributed by atoms with Gasteiger partial charge >= 0.3 is 5.97 Å². The lowest BCUT2D eigenvalue weighted by molar-refractivity contribution is 0.0690. The fourth-order valence-corrected chi connectivity index (χ4v) is 4.17. The Morgan fingerprint density at radius 1 is 1.06 bits per heavy atom. The summed E-state index contributed by atoms with van der Waals surface area (Å²) in [6.45, 7) is 0.198. The van der Waals surface area contributed by atoms with Gasteiger partial charge in [-0.25, -0.2) is 14.2 Å². The maximum absolute atomic E-state index is 14.2. The third-order valence-electron chi connectivity index (χ3n) is 5.16. The molecule has 2 aromatic carbocycles. The molecule has 1 aliphatic carbocycles. The van der Waals surface area contributed by atoms with Crippen molar-refractivity contribution in [1.29, 1.82) is 0 Å². The molecule has 1 heterocycles. The molecule has 1 aliphatic rings. The molecule has 7 heteroatoms. The predicted octanol–water partition coefficient (Wildman–Crippen LogP) is 6.90. The van der Waals surface area contributed by atoms with Gasteiger partial charge in [0.25, 0.3) is 0 Å². The highest BCUT2D eigenvalue weighted by Crippen LogP contribution is 2.42. The van der Waals surface area contributed by atoms with Gasteiger partial charge in [-0.3, -0.25) is 0 Å². The summed E-state index contributed by atoms with van der Waals surface area (Å²) in [6, 6.07) is 14.5. The number of hydrogen-bond donors (Lipinski definition) is 1. The first-order valence-corrected chi connectivity index (χ1v) is 10.5. The molecule has 0 atom stereocenters. The highest BCUT2D eigenvalue weighted by atomic mass is 35.5. The molecular formula is C24H18Cl2FNO3. The summed E-state index contributed by atoms with van der Waals surface area (Å²) < 4.78 is 20.2. The second-order valence-electron chi connectivity index (χ2n) is 7.19. The monoisotopic (exact) mass is 457 g/mol. The molecule has 0 spiro atoms. The van der Waals surface area contributed by atoms with Crippen molar-refractivity contribution in [2.45, 2.75) is 25.9 Å². The van der Waals surface area contributed by atoms with Gasteiger partial charge in [0.15, 0.2) is 0 Å². The van der Waals surface area contributed by atoms with Crippen LogP contribution in [0, 0.1) is 5.82 Å². The van der Waals surface area contributed by atoms with Crippen LogP contribution in [0.4, 0.5) is 4.39 Å². The van der Waals surface area contributed by atoms with E-state index in [1.54, 1.807) is 36.4 Å². The third kappa shape index (κ3) is 4.73. The van der Waals surface area contributed by atoms with Crippen LogP contribution in [0.3, 0.4) is 0 Å². The average molecular weight is 458 g/mol. The van der Waals surface area contributed by atoms with E-state index in [-0.39, 0.29) is 18.1 Å². The van der Waals surface area contributed by atoms with Gasteiger partial charge in [0, 0.05) is 21.2 Å². The zero-order chi connectivity index (χ0) is 22.0. The quantitative estimate of drug-likeness (QED) is 0.437. The number of aromatic nitrogens is 1. The molecule has 31 heavy (non-hydrogen) atoms. The van der Waals surface area contributed by atoms with E-state index in [2.05, 4.69) is 4.98 Å². The van der Waals surface area contributed by atoms with E-state index < -0.39 is 5.97 Å². The number of allylic oxidation sites excluding steroid dienone is 2. The summed E-state index contributed by atoms with van der Waals surface area (Å²) >= 11 is 12.2. The van der Waals surface area contributed by atoms with Crippen LogP contribution in [-0.2, 0) is 6.61 Å². The molecule has 4 nitrogen and oxygen atoms in total. The molecule has 1 N–H and O–H groups in total. The van der Waals surface area contributed by atoms with Gasteiger partial charge in [-0.15, -0.1) is 0 Å². The van der Waals surface area contributed by atoms with E-state index in [0.717, 1.165) is 36.0 Å². The predicted molar refractivity (Wildman–Crippen MR) is 119 cm³/mol. The largest absolute Gasteiger partial charge is 0.488 e. The number of carbonyl (C=O) groups is 1. The summed E-state index contributed by atoms with van der Waals surface area (Å²) in [4.78, 5) is 15.6. The van der Waals surface area contributed by atoms with Crippen molar-refractivity contribution in [3.05, 3.63) is 93.0 Å². The Balaban J connectivity index is 1.71. The van der Waals surface area contributed by atoms with Crippen molar-refractivity contribution in [1.82, 2.24) is 4.98 Å². The van der Waals surface area contributed by atoms with Crippen LogP contribution < -0.4 is 4.74 Å². The van der Waals surface area contributed by atoms with Crippen LogP contribution in [0.1, 0.15) is 46.6 Å². The lowest BCUT2D eigenvalue weighted by Crippen LogP contribution is -2.03. The van der Waals surface area contributed by atoms with E-state index in [1.165, 1.54) is 18.2 Å². The van der Waals surface area contributed by atoms with Crippen molar-refractivity contribution in [2.24, 2.45) is 0 Å². The molecule has 158 valence electrons. The second kappa shape index (κ2) is 9.08. The zero-order valence-electron chi connectivity index (χ0n) is 16.4. The lowest BCUT2D eigenvalue weighted by atomic mass is 9.98. The number of carboxylic acids is 1. The SMILES string of the molecule is O=C(O)c1cccc(C2=C(c3cc(F)ccc3OCc3ccc(Cl)cc3Cl)CCC2)n1. The minimum absolute atomic E-state index is 0.0238. The van der Waals surface area contributed by atoms with Gasteiger partial charge in [-0.1, -0.05) is 35.3 Å². The van der Waals surface area contributed by atoms with Crippen LogP contribution in [0.15, 0.2) is 54.6 Å². The van der Waals surface area contributed by atoms with Gasteiger partial charge in [0.1, 0.15) is 23.9 Å². The fraction of sp³-hybridized carbons (Fsp3) is 0.167. The Labute approximate surface area is 188 Å². The Morgan fingerprint density at radius 2 is 1.87 bits per heavy atom. The Kier molecular flexibility index (Phi) is 6.25. The van der Waals surface area contributed by atoms with Crippen molar-refractivity contribution in [3.63, 3.8) is 0 Å². The molecule has 1 aromatic heterocycles. The molecule has 3 aromatic rings. The van der Waals surface area contributed by atoms with E-state index in [4.69, 9.17) is 27.9 Å². The van der Waals surface area contributed by atoms with E-state index in [9.17, 15) is 14.3 Å². The fourth-order valence-electron chi connectivity index (χ4n) is 3.70. The molecule has 0 radical (unpaired) electrons. The van der Waals surface area contributed by atoms with E-state index in [1.807, 2.05) is 0 Å². The summed E-state index contributed by atoms with van der Waals surface area (Å²) in [7, 11) is 0. The Morgan fingerprint density at radius 3 is 2.65 bits per heavy atom. The van der Waals surface area contributed by atoms with Crippen LogP contribution >= 0.6 is 23.2 Å². The number of ether oxygens (including phenoxy) is 1. The number of pyridine rings is 1. The molecule has 0 fully saturated rings. The number of benzene rings is 2. The van der Waals surface area contributed by atoms with Crippen LogP contribution in [0.25, 0.3) is 11.1 Å². The van der Waals surface area contributed by atoms with Crippen molar-refractivity contribution < 1.29 is 19.0 Å². The number of carboxylic acid groups (broad SMARTS) is 1. The number of nitrogens with zero attached hydrogens (tertiary/aromatic N) is 1. The molecule has 0 aliphatic heterocycles. The highest BCUT2D eigenvalue weighted by molar-refractivity contribution is 6.35. The average Bonchev–Trinajstić information content (AvgIpc) is 3.23. The topological polar surface area (TPSA) is 59.4 Å². The maximum atomic E-state index is 14.2. The van der Waals surface area contributed by atoms with E-state index in [0.29, 0.717) is 27.1 Å². The number of hydrogen-bond acceptors (Lipinski definition) is 3. The van der Waals surface area contributed by atoms with Crippen LogP contribution in [0.5, 0.6) is 5.75 Å². The Bertz CT molecular complexity index is 1190. The smallest absolute Gasteiger partial charge is 0.354 e. The third-order valence-corrected chi connectivity index (χ3v) is 5.75. The van der Waals surface area contributed by atoms with Crippen molar-refractivity contribution >= 4 is 40.3 Å². The molecule has 0 bridgehead atoms. The first-order chi connectivity index (χ1) is 14.9. The standard InChI is InChI=1S/C24H18Cl2FNO3/c25-15-8-7-14(20(26)11-15)13-31-23-10-9-16(27)12-19(23)17-3-1-4-18(17)21-5-2-6-22(28-21)24(29)30/h2,5-12H,1,3-4,13H2,(H,29,30). The van der Waals surface area contributed by atoms with Crippen LogP contribution in [0.2, 0.25) is 10.0 Å². The summed E-state index contributed by atoms with van der Waals surface area (Å²) in [5.74, 6) is -0.939. The maximum Gasteiger partial charge on any atom is 0.354 e. The summed E-state index contributed by atoms with van der Waals surface area (Å²) in [6.07, 6.45) is 2.31. The summed E-state index contributed by atoms with van der Waals surface area (Å²) in [5, 5.41) is 10.3. The zero-order valence-corrected chi connectivity index (χ0v) is 17.9. The van der Waals surface area contributed by atoms with Gasteiger partial charge in [-0.05, 0) is 72.9 Å². The minimum Gasteiger partial charge on any atom is -0.488 e. The van der Waals surface area contributed by atoms with E-state index >= 15 is 0 Å². The number of rotatable bonds is 6. The van der Waals surface area contributed by atoms with Gasteiger partial charge < -0.3 is 9.84 Å². The molecule has 0 saturated heterocycles. The first kappa shape index (κ1) is 21.3. The van der Waals surface area contributed by atoms with Gasteiger partial charge in [0.05, 0.1) is 5.69 Å². The molecule has 0 amide bonds. The lowest BCUT2D eigenvalue weighted by Gasteiger charge is -2.15. The molecule has 4 rings (SSSR count). The van der Waals surface area contributed by atoms with Crippen molar-refractivity contribution in [2.75, 3.05) is 0 Å². The molecule has 0 unspecified atom stereocenters. The normalized spacial score (nSPS) is 13.5. The highest BCUT2D eigenvalue weighted by Gasteiger charge is 2.23. The minimum atomic E-state index is -1.09. The summed E-state index contributed by atoms with van der Waals surface area (Å²) in [5.41, 5.74) is 3.78. The van der Waals surface area contributed by atoms with Crippen molar-refractivity contribution in [3.8, 4) is 5.75 Å². The second-order valence-corrected chi connectivity index (χ2v) is 8.03. The van der Waals surface area contributed by atoms with Gasteiger partial charge in [-0.2, -0.15) is 0 Å². The first-order valence-electron chi connectivity index (χ1n) is 9.72. The van der Waals surface area contributed by atoms with Crippen LogP contribution in [-0.4, -0.2) is 16.1 Å². The van der Waals surface area contributed by atoms with Gasteiger partial charge in [0.2, 0.25) is 0 Å². The number of halogens is 3. The molecular weight excluding hydrogens is 440 g/mol.